The summed E-state index contributed by atoms with van der Waals surface area (Å²) >= 11 is 0. The summed E-state index contributed by atoms with van der Waals surface area (Å²) in [6.07, 6.45) is 0. The van der Waals surface area contributed by atoms with Crippen LogP contribution in [-0.2, 0) is 12.1 Å². The van der Waals surface area contributed by atoms with Crippen molar-refractivity contribution in [3.05, 3.63) is 71.3 Å². The number of benzene rings is 2. The number of amides is 1. The van der Waals surface area contributed by atoms with Gasteiger partial charge in [0.05, 0.1) is 5.60 Å². The topological polar surface area (TPSA) is 75.3 Å². The third kappa shape index (κ3) is 4.15. The second-order valence-electron chi connectivity index (χ2n) is 5.31. The van der Waals surface area contributed by atoms with Crippen molar-refractivity contribution in [2.45, 2.75) is 19.1 Å². The third-order valence-corrected chi connectivity index (χ3v) is 3.41. The fourth-order valence-electron chi connectivity index (χ4n) is 2.18. The van der Waals surface area contributed by atoms with Gasteiger partial charge in [-0.15, -0.1) is 0 Å². The first-order valence-corrected chi connectivity index (χ1v) is 6.86. The van der Waals surface area contributed by atoms with Crippen molar-refractivity contribution < 1.29 is 9.90 Å². The Balaban J connectivity index is 1.95. The summed E-state index contributed by atoms with van der Waals surface area (Å²) in [6.45, 7) is 2.75. The van der Waals surface area contributed by atoms with E-state index < -0.39 is 11.5 Å². The lowest BCUT2D eigenvalue weighted by molar-refractivity contribution is 0.0566. The van der Waals surface area contributed by atoms with Crippen LogP contribution in [-0.4, -0.2) is 17.6 Å². The van der Waals surface area contributed by atoms with Gasteiger partial charge < -0.3 is 16.2 Å². The van der Waals surface area contributed by atoms with Gasteiger partial charge >= 0.3 is 0 Å². The number of rotatable bonds is 6. The van der Waals surface area contributed by atoms with Gasteiger partial charge in [-0.25, -0.2) is 0 Å². The number of nitrogens with one attached hydrogen (secondary N) is 1. The van der Waals surface area contributed by atoms with Crippen molar-refractivity contribution in [3.8, 4) is 0 Å². The van der Waals surface area contributed by atoms with Crippen LogP contribution in [0.4, 0.5) is 0 Å². The smallest absolute Gasteiger partial charge is 0.248 e. The zero-order valence-electron chi connectivity index (χ0n) is 12.0. The van der Waals surface area contributed by atoms with Gasteiger partial charge in [-0.2, -0.15) is 0 Å². The molecule has 1 atom stereocenters. The van der Waals surface area contributed by atoms with Crippen LogP contribution < -0.4 is 11.1 Å². The molecule has 0 aliphatic heterocycles. The van der Waals surface area contributed by atoms with E-state index in [1.165, 1.54) is 0 Å². The Morgan fingerprint density at radius 3 is 2.57 bits per heavy atom. The van der Waals surface area contributed by atoms with Crippen LogP contribution in [0.15, 0.2) is 54.6 Å². The SMILES string of the molecule is CC(O)(CNCc1cccc(C(N)=O)c1)c1ccccc1. The van der Waals surface area contributed by atoms with E-state index in [0.29, 0.717) is 18.7 Å². The first-order chi connectivity index (χ1) is 9.99. The molecule has 0 aromatic heterocycles. The predicted molar refractivity (Wildman–Crippen MR) is 82.7 cm³/mol. The van der Waals surface area contributed by atoms with Crippen molar-refractivity contribution >= 4 is 5.91 Å². The van der Waals surface area contributed by atoms with Gasteiger partial charge in [0.2, 0.25) is 5.91 Å². The van der Waals surface area contributed by atoms with E-state index in [2.05, 4.69) is 5.32 Å². The van der Waals surface area contributed by atoms with Crippen molar-refractivity contribution in [2.24, 2.45) is 5.73 Å². The normalized spacial score (nSPS) is 13.6. The highest BCUT2D eigenvalue weighted by molar-refractivity contribution is 5.92. The summed E-state index contributed by atoms with van der Waals surface area (Å²) in [4.78, 5) is 11.1. The van der Waals surface area contributed by atoms with Crippen LogP contribution in [0, 0.1) is 0 Å². The molecule has 0 aliphatic carbocycles. The Kier molecular flexibility index (Phi) is 4.73. The Morgan fingerprint density at radius 1 is 1.19 bits per heavy atom. The highest BCUT2D eigenvalue weighted by Gasteiger charge is 2.21. The van der Waals surface area contributed by atoms with Gasteiger partial charge in [-0.3, -0.25) is 4.79 Å². The molecule has 0 fully saturated rings. The Morgan fingerprint density at radius 2 is 1.90 bits per heavy atom. The van der Waals surface area contributed by atoms with E-state index in [0.717, 1.165) is 11.1 Å². The van der Waals surface area contributed by atoms with Gasteiger partial charge in [-0.1, -0.05) is 42.5 Å². The number of nitrogens with two attached hydrogens (primary N) is 1. The van der Waals surface area contributed by atoms with Crippen LogP contribution in [0.3, 0.4) is 0 Å². The van der Waals surface area contributed by atoms with Crippen LogP contribution in [0.2, 0.25) is 0 Å². The third-order valence-electron chi connectivity index (χ3n) is 3.41. The Labute approximate surface area is 124 Å². The summed E-state index contributed by atoms with van der Waals surface area (Å²) in [5.41, 5.74) is 6.62. The lowest BCUT2D eigenvalue weighted by atomic mass is 9.96. The molecule has 0 radical (unpaired) electrons. The maximum absolute atomic E-state index is 11.1. The van der Waals surface area contributed by atoms with Gasteiger partial charge in [0.15, 0.2) is 0 Å². The molecule has 110 valence electrons. The average molecular weight is 284 g/mol. The molecule has 2 aromatic rings. The molecule has 4 N–H and O–H groups in total. The molecule has 2 rings (SSSR count). The van der Waals surface area contributed by atoms with Gasteiger partial charge in [-0.05, 0) is 30.2 Å². The fourth-order valence-corrected chi connectivity index (χ4v) is 2.18. The first-order valence-electron chi connectivity index (χ1n) is 6.86. The monoisotopic (exact) mass is 284 g/mol. The molecule has 0 spiro atoms. The molecule has 1 unspecified atom stereocenters. The summed E-state index contributed by atoms with van der Waals surface area (Å²) < 4.78 is 0. The number of aliphatic hydroxyl groups is 1. The highest BCUT2D eigenvalue weighted by atomic mass is 16.3. The Bertz CT molecular complexity index is 609. The number of carbonyl (C=O) groups excluding carboxylic acids is 1. The summed E-state index contributed by atoms with van der Waals surface area (Å²) in [6, 6.07) is 16.7. The molecule has 1 amide bonds. The maximum Gasteiger partial charge on any atom is 0.248 e. The average Bonchev–Trinajstić information content (AvgIpc) is 2.48. The zero-order chi connectivity index (χ0) is 15.3. The van der Waals surface area contributed by atoms with Crippen LogP contribution >= 0.6 is 0 Å². The van der Waals surface area contributed by atoms with E-state index in [9.17, 15) is 9.90 Å². The first kappa shape index (κ1) is 15.2. The van der Waals surface area contributed by atoms with E-state index >= 15 is 0 Å². The lowest BCUT2D eigenvalue weighted by Gasteiger charge is -2.24. The highest BCUT2D eigenvalue weighted by Crippen LogP contribution is 2.19. The number of primary amides is 1. The minimum Gasteiger partial charge on any atom is -0.384 e. The number of hydrogen-bond acceptors (Lipinski definition) is 3. The van der Waals surface area contributed by atoms with E-state index in [1.807, 2.05) is 36.4 Å². The quantitative estimate of drug-likeness (QED) is 0.757. The minimum atomic E-state index is -0.942. The summed E-state index contributed by atoms with van der Waals surface area (Å²) in [5, 5.41) is 13.7. The van der Waals surface area contributed by atoms with Crippen LogP contribution in [0.5, 0.6) is 0 Å². The molecule has 4 heteroatoms. The lowest BCUT2D eigenvalue weighted by Crippen LogP contribution is -2.35. The van der Waals surface area contributed by atoms with Crippen molar-refractivity contribution in [1.29, 1.82) is 0 Å². The molecule has 0 heterocycles. The largest absolute Gasteiger partial charge is 0.384 e. The number of carbonyl (C=O) groups is 1. The summed E-state index contributed by atoms with van der Waals surface area (Å²) in [5.74, 6) is -0.437. The van der Waals surface area contributed by atoms with Gasteiger partial charge in [0.25, 0.3) is 0 Å². The van der Waals surface area contributed by atoms with Gasteiger partial charge in [0.1, 0.15) is 0 Å². The number of hydrogen-bond donors (Lipinski definition) is 3. The van der Waals surface area contributed by atoms with Crippen molar-refractivity contribution in [1.82, 2.24) is 5.32 Å². The molecule has 0 bridgehead atoms. The maximum atomic E-state index is 11.1. The van der Waals surface area contributed by atoms with Crippen LogP contribution in [0.1, 0.15) is 28.4 Å². The minimum absolute atomic E-state index is 0.414. The molecule has 4 nitrogen and oxygen atoms in total. The fraction of sp³-hybridized carbons (Fsp3) is 0.235. The Hall–Kier alpha value is -2.17. The second kappa shape index (κ2) is 6.52. The van der Waals surface area contributed by atoms with E-state index in [4.69, 9.17) is 5.73 Å². The standard InChI is InChI=1S/C17H20N2O2/c1-17(21,15-8-3-2-4-9-15)12-19-11-13-6-5-7-14(10-13)16(18)20/h2-10,19,21H,11-12H2,1H3,(H2,18,20). The predicted octanol–water partition coefficient (Wildman–Crippen LogP) is 1.78. The van der Waals surface area contributed by atoms with Crippen molar-refractivity contribution in [3.63, 3.8) is 0 Å². The van der Waals surface area contributed by atoms with E-state index in [-0.39, 0.29) is 0 Å². The van der Waals surface area contributed by atoms with Crippen LogP contribution in [0.25, 0.3) is 0 Å². The molecule has 0 aliphatic rings. The van der Waals surface area contributed by atoms with Crippen molar-refractivity contribution in [2.75, 3.05) is 6.54 Å². The molecule has 0 saturated carbocycles. The summed E-state index contributed by atoms with van der Waals surface area (Å²) in [7, 11) is 0. The molecular weight excluding hydrogens is 264 g/mol. The molecule has 21 heavy (non-hydrogen) atoms. The van der Waals surface area contributed by atoms with Gasteiger partial charge in [0, 0.05) is 18.7 Å². The van der Waals surface area contributed by atoms with E-state index in [1.54, 1.807) is 25.1 Å². The molecule has 0 saturated heterocycles. The second-order valence-corrected chi connectivity index (χ2v) is 5.31. The zero-order valence-corrected chi connectivity index (χ0v) is 12.0. The molecular formula is C17H20N2O2. The molecule has 2 aromatic carbocycles.